The van der Waals surface area contributed by atoms with Crippen LogP contribution in [0.2, 0.25) is 0 Å². The summed E-state index contributed by atoms with van der Waals surface area (Å²) < 4.78 is 4.88. The number of fused-ring (bicyclic) bond motifs is 11. The first-order valence-corrected chi connectivity index (χ1v) is 18.3. The van der Waals surface area contributed by atoms with Crippen LogP contribution in [0.4, 0.5) is 0 Å². The largest absolute Gasteiger partial charge is 0.308 e. The number of para-hydroxylation sites is 1. The predicted octanol–water partition coefficient (Wildman–Crippen LogP) is 12.6. The maximum atomic E-state index is 5.12. The van der Waals surface area contributed by atoms with Gasteiger partial charge in [-0.05, 0) is 40.4 Å². The molecule has 0 aliphatic carbocycles. The Kier molecular flexibility index (Phi) is 6.39. The molecule has 0 spiro atoms. The van der Waals surface area contributed by atoms with Crippen LogP contribution < -0.4 is 0 Å². The average molecular weight is 681 g/mol. The molecule has 5 heteroatoms. The molecule has 0 unspecified atom stereocenters. The van der Waals surface area contributed by atoms with Crippen molar-refractivity contribution in [3.8, 4) is 39.9 Å². The van der Waals surface area contributed by atoms with Gasteiger partial charge in [-0.2, -0.15) is 0 Å². The molecule has 11 rings (SSSR count). The zero-order valence-corrected chi connectivity index (χ0v) is 28.7. The van der Waals surface area contributed by atoms with Gasteiger partial charge in [0.1, 0.15) is 0 Å². The van der Waals surface area contributed by atoms with Gasteiger partial charge in [0.15, 0.2) is 17.5 Å². The highest BCUT2D eigenvalue weighted by molar-refractivity contribution is 7.26. The Morgan fingerprint density at radius 2 is 0.923 bits per heavy atom. The molecule has 3 heterocycles. The maximum Gasteiger partial charge on any atom is 0.165 e. The number of nitrogens with zero attached hydrogens (tertiary/aromatic N) is 4. The van der Waals surface area contributed by atoms with Gasteiger partial charge < -0.3 is 4.57 Å². The van der Waals surface area contributed by atoms with Crippen molar-refractivity contribution in [2.45, 2.75) is 0 Å². The summed E-state index contributed by atoms with van der Waals surface area (Å²) in [6.07, 6.45) is 0. The lowest BCUT2D eigenvalue weighted by Gasteiger charge is -2.13. The molecule has 0 aliphatic heterocycles. The summed E-state index contributed by atoms with van der Waals surface area (Å²) in [6.45, 7) is 0. The van der Waals surface area contributed by atoms with Gasteiger partial charge in [0.2, 0.25) is 0 Å². The topological polar surface area (TPSA) is 43.6 Å². The Morgan fingerprint density at radius 1 is 0.385 bits per heavy atom. The van der Waals surface area contributed by atoms with Gasteiger partial charge in [0, 0.05) is 53.0 Å². The van der Waals surface area contributed by atoms with Crippen molar-refractivity contribution in [2.75, 3.05) is 0 Å². The third-order valence-corrected chi connectivity index (χ3v) is 11.4. The minimum Gasteiger partial charge on any atom is -0.308 e. The van der Waals surface area contributed by atoms with Gasteiger partial charge in [-0.15, -0.1) is 11.3 Å². The van der Waals surface area contributed by atoms with Gasteiger partial charge in [-0.3, -0.25) is 0 Å². The first-order valence-electron chi connectivity index (χ1n) is 17.5. The first kappa shape index (κ1) is 29.1. The summed E-state index contributed by atoms with van der Waals surface area (Å²) in [5.74, 6) is 1.99. The van der Waals surface area contributed by atoms with Crippen molar-refractivity contribution in [1.82, 2.24) is 19.5 Å². The van der Waals surface area contributed by atoms with Crippen LogP contribution >= 0.6 is 11.3 Å². The number of aromatic nitrogens is 4. The number of hydrogen-bond donors (Lipinski definition) is 0. The smallest absolute Gasteiger partial charge is 0.165 e. The second-order valence-electron chi connectivity index (χ2n) is 13.1. The normalized spacial score (nSPS) is 11.8. The van der Waals surface area contributed by atoms with Crippen LogP contribution in [0.3, 0.4) is 0 Å². The maximum absolute atomic E-state index is 5.12. The molecule has 0 bridgehead atoms. The standard InChI is InChI=1S/C47H28N4S/c1-3-15-29(16-4-1)45-48-46(30-17-5-2-6-18-30)50-47(49-45)37-25-13-24-36-42-39(27-14-28-40(42)52-44(36)37)51-38-26-12-11-23-35(38)41-33-21-9-7-19-31(33)32-20-8-10-22-34(32)43(41)51/h1-28H. The summed E-state index contributed by atoms with van der Waals surface area (Å²) in [7, 11) is 0. The van der Waals surface area contributed by atoms with Gasteiger partial charge >= 0.3 is 0 Å². The third-order valence-electron chi connectivity index (χ3n) is 10.2. The van der Waals surface area contributed by atoms with Crippen molar-refractivity contribution in [2.24, 2.45) is 0 Å². The lowest BCUT2D eigenvalue weighted by atomic mass is 9.97. The van der Waals surface area contributed by atoms with Crippen LogP contribution in [0, 0.1) is 0 Å². The van der Waals surface area contributed by atoms with E-state index in [0.29, 0.717) is 17.5 Å². The molecule has 0 fully saturated rings. The van der Waals surface area contributed by atoms with Crippen LogP contribution in [0.5, 0.6) is 0 Å². The molecule has 0 amide bonds. The summed E-state index contributed by atoms with van der Waals surface area (Å²) >= 11 is 1.80. The van der Waals surface area contributed by atoms with Crippen LogP contribution in [-0.4, -0.2) is 19.5 Å². The van der Waals surface area contributed by atoms with Crippen molar-refractivity contribution in [3.63, 3.8) is 0 Å². The molecular formula is C47H28N4S. The minimum absolute atomic E-state index is 0.660. The van der Waals surface area contributed by atoms with E-state index in [1.54, 1.807) is 11.3 Å². The lowest BCUT2D eigenvalue weighted by molar-refractivity contribution is 1.08. The van der Waals surface area contributed by atoms with Crippen LogP contribution in [0.25, 0.3) is 103 Å². The Morgan fingerprint density at radius 3 is 1.63 bits per heavy atom. The molecule has 4 nitrogen and oxygen atoms in total. The molecule has 11 aromatic rings. The fourth-order valence-electron chi connectivity index (χ4n) is 8.00. The highest BCUT2D eigenvalue weighted by atomic mass is 32.1. The summed E-state index contributed by atoms with van der Waals surface area (Å²) in [5, 5.41) is 10.0. The molecule has 8 aromatic carbocycles. The van der Waals surface area contributed by atoms with E-state index < -0.39 is 0 Å². The lowest BCUT2D eigenvalue weighted by Crippen LogP contribution is -2.00. The molecule has 0 saturated heterocycles. The highest BCUT2D eigenvalue weighted by Crippen LogP contribution is 2.46. The number of hydrogen-bond acceptors (Lipinski definition) is 4. The van der Waals surface area contributed by atoms with Gasteiger partial charge in [-0.25, -0.2) is 15.0 Å². The minimum atomic E-state index is 0.660. The fraction of sp³-hybridized carbons (Fsp3) is 0. The summed E-state index contributed by atoms with van der Waals surface area (Å²) in [6, 6.07) is 60.1. The van der Waals surface area contributed by atoms with Crippen molar-refractivity contribution >= 4 is 74.9 Å². The molecule has 0 aliphatic rings. The fourth-order valence-corrected chi connectivity index (χ4v) is 9.23. The summed E-state index contributed by atoms with van der Waals surface area (Å²) in [4.78, 5) is 15.2. The molecule has 0 saturated carbocycles. The van der Waals surface area contributed by atoms with E-state index in [0.717, 1.165) is 27.1 Å². The zero-order valence-electron chi connectivity index (χ0n) is 27.9. The Hall–Kier alpha value is -6.69. The number of benzene rings is 8. The Balaban J connectivity index is 1.22. The highest BCUT2D eigenvalue weighted by Gasteiger charge is 2.22. The number of thiophene rings is 1. The molecule has 3 aromatic heterocycles. The molecule has 0 radical (unpaired) electrons. The Bertz CT molecular complexity index is 3120. The van der Waals surface area contributed by atoms with Gasteiger partial charge in [-0.1, -0.05) is 146 Å². The third kappa shape index (κ3) is 4.30. The van der Waals surface area contributed by atoms with E-state index in [4.69, 9.17) is 15.0 Å². The van der Waals surface area contributed by atoms with E-state index in [1.165, 1.54) is 58.8 Å². The van der Waals surface area contributed by atoms with Crippen LogP contribution in [-0.2, 0) is 0 Å². The second kappa shape index (κ2) is 11.4. The molecule has 52 heavy (non-hydrogen) atoms. The van der Waals surface area contributed by atoms with Crippen LogP contribution in [0.15, 0.2) is 170 Å². The SMILES string of the molecule is c1ccc(-c2nc(-c3ccccc3)nc(-c3cccc4c3sc3cccc(-n5c6ccccc6c6c7ccccc7c7ccccc7c65)c34)n2)cc1. The van der Waals surface area contributed by atoms with E-state index in [1.807, 2.05) is 36.4 Å². The predicted molar refractivity (Wildman–Crippen MR) is 218 cm³/mol. The molecular weight excluding hydrogens is 653 g/mol. The quantitative estimate of drug-likeness (QED) is 0.174. The van der Waals surface area contributed by atoms with Crippen molar-refractivity contribution in [1.29, 1.82) is 0 Å². The monoisotopic (exact) mass is 680 g/mol. The zero-order chi connectivity index (χ0) is 34.2. The molecule has 0 atom stereocenters. The van der Waals surface area contributed by atoms with E-state index in [2.05, 4.69) is 138 Å². The van der Waals surface area contributed by atoms with Crippen LogP contribution in [0.1, 0.15) is 0 Å². The van der Waals surface area contributed by atoms with Crippen molar-refractivity contribution in [3.05, 3.63) is 170 Å². The van der Waals surface area contributed by atoms with Gasteiger partial charge in [0.05, 0.1) is 16.7 Å². The first-order chi connectivity index (χ1) is 25.8. The van der Waals surface area contributed by atoms with E-state index in [9.17, 15) is 0 Å². The van der Waals surface area contributed by atoms with Crippen molar-refractivity contribution < 1.29 is 0 Å². The summed E-state index contributed by atoms with van der Waals surface area (Å²) in [5.41, 5.74) is 6.51. The van der Waals surface area contributed by atoms with E-state index in [-0.39, 0.29) is 0 Å². The molecule has 0 N–H and O–H groups in total. The van der Waals surface area contributed by atoms with E-state index >= 15 is 0 Å². The molecule has 242 valence electrons. The van der Waals surface area contributed by atoms with Gasteiger partial charge in [0.25, 0.3) is 0 Å². The number of rotatable bonds is 4. The average Bonchev–Trinajstić information content (AvgIpc) is 3.78. The second-order valence-corrected chi connectivity index (χ2v) is 14.2. The Labute approximate surface area is 302 Å².